The molecule has 1 saturated carbocycles. The summed E-state index contributed by atoms with van der Waals surface area (Å²) in [5.41, 5.74) is 0.716. The number of ether oxygens (including phenoxy) is 1. The molecule has 0 unspecified atom stereocenters. The Morgan fingerprint density at radius 1 is 1.16 bits per heavy atom. The summed E-state index contributed by atoms with van der Waals surface area (Å²) in [4.78, 5) is 4.65. The van der Waals surface area contributed by atoms with Gasteiger partial charge in [0.1, 0.15) is 12.4 Å². The van der Waals surface area contributed by atoms with Gasteiger partial charge in [0.2, 0.25) is 5.90 Å². The molecule has 0 saturated heterocycles. The highest BCUT2D eigenvalue weighted by Crippen LogP contribution is 2.30. The van der Waals surface area contributed by atoms with Gasteiger partial charge < -0.3 is 9.84 Å². The molecule has 1 aliphatic carbocycles. The molecule has 3 nitrogen and oxygen atoms in total. The van der Waals surface area contributed by atoms with Crippen molar-refractivity contribution in [3.63, 3.8) is 0 Å². The van der Waals surface area contributed by atoms with Crippen molar-refractivity contribution >= 4 is 5.90 Å². The van der Waals surface area contributed by atoms with Crippen molar-refractivity contribution in [3.05, 3.63) is 29.8 Å². The summed E-state index contributed by atoms with van der Waals surface area (Å²) >= 11 is 0. The first kappa shape index (κ1) is 12.5. The Morgan fingerprint density at radius 3 is 2.74 bits per heavy atom. The van der Waals surface area contributed by atoms with E-state index in [0.29, 0.717) is 18.1 Å². The molecule has 3 heteroatoms. The van der Waals surface area contributed by atoms with Gasteiger partial charge in [0.25, 0.3) is 0 Å². The van der Waals surface area contributed by atoms with Crippen LogP contribution in [0.25, 0.3) is 0 Å². The van der Waals surface area contributed by atoms with Gasteiger partial charge in [-0.1, -0.05) is 44.2 Å². The van der Waals surface area contributed by atoms with Crippen LogP contribution in [0.15, 0.2) is 29.3 Å². The van der Waals surface area contributed by atoms with Crippen LogP contribution in [0.2, 0.25) is 0 Å². The maximum atomic E-state index is 9.82. The predicted molar refractivity (Wildman–Crippen MR) is 75.6 cm³/mol. The van der Waals surface area contributed by atoms with Crippen LogP contribution in [0, 0.1) is 5.92 Å². The van der Waals surface area contributed by atoms with Crippen LogP contribution in [0.3, 0.4) is 0 Å². The van der Waals surface area contributed by atoms with Gasteiger partial charge in [0, 0.05) is 0 Å². The molecule has 1 heterocycles. The maximum absolute atomic E-state index is 9.82. The lowest BCUT2D eigenvalue weighted by Gasteiger charge is -2.22. The smallest absolute Gasteiger partial charge is 0.220 e. The average molecular weight is 259 g/mol. The average Bonchev–Trinajstić information content (AvgIpc) is 2.89. The lowest BCUT2D eigenvalue weighted by molar-refractivity contribution is 0.267. The van der Waals surface area contributed by atoms with Gasteiger partial charge >= 0.3 is 0 Å². The molecule has 0 spiro atoms. The monoisotopic (exact) mass is 259 g/mol. The third kappa shape index (κ3) is 2.91. The standard InChI is InChI=1S/C16H21NO2/c18-15-9-5-4-8-14(15)16-17-13(11-19-16)10-12-6-2-1-3-7-12/h4-5,8-9,12-13,18H,1-3,6-7,10-11H2/t13-/m0/s1. The molecule has 1 aromatic carbocycles. The first-order chi connectivity index (χ1) is 9.33. The van der Waals surface area contributed by atoms with Gasteiger partial charge in [-0.3, -0.25) is 0 Å². The zero-order valence-electron chi connectivity index (χ0n) is 11.2. The van der Waals surface area contributed by atoms with E-state index in [4.69, 9.17) is 4.74 Å². The molecular weight excluding hydrogens is 238 g/mol. The Kier molecular flexibility index (Phi) is 3.72. The largest absolute Gasteiger partial charge is 0.507 e. The number of phenolic OH excluding ortho intramolecular Hbond substituents is 1. The van der Waals surface area contributed by atoms with E-state index in [-0.39, 0.29) is 11.8 Å². The van der Waals surface area contributed by atoms with E-state index in [2.05, 4.69) is 4.99 Å². The van der Waals surface area contributed by atoms with Crippen molar-refractivity contribution in [2.45, 2.75) is 44.6 Å². The normalized spacial score (nSPS) is 24.0. The van der Waals surface area contributed by atoms with E-state index in [1.165, 1.54) is 32.1 Å². The van der Waals surface area contributed by atoms with Crippen molar-refractivity contribution in [2.24, 2.45) is 10.9 Å². The minimum Gasteiger partial charge on any atom is -0.507 e. The molecule has 1 N–H and O–H groups in total. The molecule has 0 bridgehead atoms. The Morgan fingerprint density at radius 2 is 1.95 bits per heavy atom. The summed E-state index contributed by atoms with van der Waals surface area (Å²) in [6.45, 7) is 0.667. The number of rotatable bonds is 3. The van der Waals surface area contributed by atoms with Crippen LogP contribution in [-0.4, -0.2) is 23.7 Å². The van der Waals surface area contributed by atoms with Crippen LogP contribution in [0.1, 0.15) is 44.1 Å². The second kappa shape index (κ2) is 5.64. The number of phenols is 1. The van der Waals surface area contributed by atoms with E-state index in [1.807, 2.05) is 18.2 Å². The zero-order chi connectivity index (χ0) is 13.1. The summed E-state index contributed by atoms with van der Waals surface area (Å²) in [6.07, 6.45) is 7.96. The minimum atomic E-state index is 0.250. The molecular formula is C16H21NO2. The molecule has 0 aromatic heterocycles. The van der Waals surface area contributed by atoms with Crippen LogP contribution in [-0.2, 0) is 4.74 Å². The molecule has 102 valence electrons. The third-order valence-electron chi connectivity index (χ3n) is 4.18. The SMILES string of the molecule is Oc1ccccc1C1=N[C@@H](CC2CCCCC2)CO1. The summed E-state index contributed by atoms with van der Waals surface area (Å²) in [5.74, 6) is 1.67. The maximum Gasteiger partial charge on any atom is 0.220 e. The number of para-hydroxylation sites is 1. The molecule has 1 aromatic rings. The summed E-state index contributed by atoms with van der Waals surface area (Å²) in [7, 11) is 0. The predicted octanol–water partition coefficient (Wildman–Crippen LogP) is 3.51. The lowest BCUT2D eigenvalue weighted by Crippen LogP contribution is -2.15. The molecule has 2 aliphatic rings. The van der Waals surface area contributed by atoms with E-state index >= 15 is 0 Å². The quantitative estimate of drug-likeness (QED) is 0.902. The molecule has 1 fully saturated rings. The van der Waals surface area contributed by atoms with E-state index in [0.717, 1.165) is 12.3 Å². The zero-order valence-corrected chi connectivity index (χ0v) is 11.2. The fraction of sp³-hybridized carbons (Fsp3) is 0.562. The number of hydrogen-bond acceptors (Lipinski definition) is 3. The van der Waals surface area contributed by atoms with Gasteiger partial charge in [-0.15, -0.1) is 0 Å². The summed E-state index contributed by atoms with van der Waals surface area (Å²) < 4.78 is 5.66. The second-order valence-electron chi connectivity index (χ2n) is 5.66. The van der Waals surface area contributed by atoms with Crippen molar-refractivity contribution < 1.29 is 9.84 Å². The number of benzene rings is 1. The van der Waals surface area contributed by atoms with Gasteiger partial charge in [-0.05, 0) is 24.5 Å². The number of nitrogens with zero attached hydrogens (tertiary/aromatic N) is 1. The highest BCUT2D eigenvalue weighted by molar-refractivity contribution is 5.97. The highest BCUT2D eigenvalue weighted by Gasteiger charge is 2.25. The van der Waals surface area contributed by atoms with Crippen molar-refractivity contribution in [1.82, 2.24) is 0 Å². The number of aromatic hydroxyl groups is 1. The molecule has 0 radical (unpaired) electrons. The van der Waals surface area contributed by atoms with Crippen molar-refractivity contribution in [1.29, 1.82) is 0 Å². The summed E-state index contributed by atoms with van der Waals surface area (Å²) in [5, 5.41) is 9.82. The first-order valence-corrected chi connectivity index (χ1v) is 7.32. The molecule has 19 heavy (non-hydrogen) atoms. The number of hydrogen-bond donors (Lipinski definition) is 1. The Labute approximate surface area is 114 Å². The third-order valence-corrected chi connectivity index (χ3v) is 4.18. The van der Waals surface area contributed by atoms with E-state index < -0.39 is 0 Å². The Bertz CT molecular complexity index is 464. The van der Waals surface area contributed by atoms with Gasteiger partial charge in [0.05, 0.1) is 11.6 Å². The van der Waals surface area contributed by atoms with Crippen LogP contribution in [0.5, 0.6) is 5.75 Å². The van der Waals surface area contributed by atoms with Crippen LogP contribution in [0.4, 0.5) is 0 Å². The van der Waals surface area contributed by atoms with Crippen LogP contribution >= 0.6 is 0 Å². The first-order valence-electron chi connectivity index (χ1n) is 7.32. The van der Waals surface area contributed by atoms with Gasteiger partial charge in [-0.2, -0.15) is 0 Å². The molecule has 0 amide bonds. The Balaban J connectivity index is 1.66. The fourth-order valence-electron chi connectivity index (χ4n) is 3.15. The number of aliphatic imine (C=N–C) groups is 1. The summed E-state index contributed by atoms with van der Waals surface area (Å²) in [6, 6.07) is 7.52. The molecule has 1 atom stereocenters. The van der Waals surface area contributed by atoms with Crippen molar-refractivity contribution in [2.75, 3.05) is 6.61 Å². The fourth-order valence-corrected chi connectivity index (χ4v) is 3.15. The minimum absolute atomic E-state index is 0.250. The second-order valence-corrected chi connectivity index (χ2v) is 5.66. The van der Waals surface area contributed by atoms with E-state index in [1.54, 1.807) is 6.07 Å². The highest BCUT2D eigenvalue weighted by atomic mass is 16.5. The van der Waals surface area contributed by atoms with Gasteiger partial charge in [-0.25, -0.2) is 4.99 Å². The topological polar surface area (TPSA) is 41.8 Å². The Hall–Kier alpha value is -1.51. The van der Waals surface area contributed by atoms with E-state index in [9.17, 15) is 5.11 Å². The van der Waals surface area contributed by atoms with Gasteiger partial charge in [0.15, 0.2) is 0 Å². The molecule has 1 aliphatic heterocycles. The van der Waals surface area contributed by atoms with Crippen LogP contribution < -0.4 is 0 Å². The molecule has 3 rings (SSSR count). The van der Waals surface area contributed by atoms with Crippen molar-refractivity contribution in [3.8, 4) is 5.75 Å². The lowest BCUT2D eigenvalue weighted by atomic mass is 9.85.